The lowest BCUT2D eigenvalue weighted by Gasteiger charge is -2.31. The number of hydrogen-bond donors (Lipinski definition) is 3. The van der Waals surface area contributed by atoms with E-state index in [-0.39, 0.29) is 6.04 Å². The summed E-state index contributed by atoms with van der Waals surface area (Å²) in [6.07, 6.45) is 4.41. The number of pyridine rings is 1. The topological polar surface area (TPSA) is 147 Å². The van der Waals surface area contributed by atoms with Crippen LogP contribution in [0.5, 0.6) is 11.6 Å². The molecule has 1 fully saturated rings. The fourth-order valence-corrected chi connectivity index (χ4v) is 6.05. The lowest BCUT2D eigenvalue weighted by molar-refractivity contribution is 0.132. The van der Waals surface area contributed by atoms with Crippen LogP contribution >= 0.6 is 0 Å². The Kier molecular flexibility index (Phi) is 8.44. The SMILES string of the molecule is CCC(C)S(=O)(=O)Nc1cccc2c(Oc3ncccc3-c3ccnc(NC4CCCN(C(=O)O)C4)n3)c(C)ccc12. The van der Waals surface area contributed by atoms with Gasteiger partial charge in [-0.1, -0.05) is 31.2 Å². The molecule has 2 aromatic heterocycles. The van der Waals surface area contributed by atoms with Gasteiger partial charge in [-0.25, -0.2) is 28.2 Å². The Morgan fingerprint density at radius 1 is 1.12 bits per heavy atom. The predicted molar refractivity (Wildman–Crippen MR) is 163 cm³/mol. The second-order valence-corrected chi connectivity index (χ2v) is 12.5. The number of carboxylic acid groups (broad SMARTS) is 1. The van der Waals surface area contributed by atoms with Gasteiger partial charge < -0.3 is 20.1 Å². The molecule has 0 aliphatic carbocycles. The van der Waals surface area contributed by atoms with Crippen molar-refractivity contribution in [3.8, 4) is 22.9 Å². The van der Waals surface area contributed by atoms with Gasteiger partial charge >= 0.3 is 6.09 Å². The highest BCUT2D eigenvalue weighted by molar-refractivity contribution is 7.93. The molecule has 2 aromatic carbocycles. The van der Waals surface area contributed by atoms with Gasteiger partial charge in [0.1, 0.15) is 5.75 Å². The summed E-state index contributed by atoms with van der Waals surface area (Å²) in [5.41, 5.74) is 2.56. The number of amides is 1. The number of aryl methyl sites for hydroxylation is 1. The van der Waals surface area contributed by atoms with Crippen LogP contribution < -0.4 is 14.8 Å². The molecule has 1 aliphatic rings. The van der Waals surface area contributed by atoms with Crippen molar-refractivity contribution in [3.05, 3.63) is 66.5 Å². The van der Waals surface area contributed by atoms with Crippen molar-refractivity contribution >= 4 is 38.5 Å². The smallest absolute Gasteiger partial charge is 0.407 e. The average Bonchev–Trinajstić information content (AvgIpc) is 2.98. The molecule has 4 aromatic rings. The maximum absolute atomic E-state index is 12.8. The van der Waals surface area contributed by atoms with Crippen molar-refractivity contribution in [2.75, 3.05) is 23.1 Å². The molecule has 1 aliphatic heterocycles. The Bertz CT molecular complexity index is 1710. The minimum absolute atomic E-state index is 0.0972. The Morgan fingerprint density at radius 2 is 1.95 bits per heavy atom. The van der Waals surface area contributed by atoms with E-state index < -0.39 is 21.4 Å². The summed E-state index contributed by atoms with van der Waals surface area (Å²) in [4.78, 5) is 26.4. The third-order valence-electron chi connectivity index (χ3n) is 7.49. The highest BCUT2D eigenvalue weighted by Crippen LogP contribution is 2.39. The highest BCUT2D eigenvalue weighted by Gasteiger charge is 2.24. The van der Waals surface area contributed by atoms with E-state index in [1.54, 1.807) is 43.6 Å². The number of ether oxygens (including phenoxy) is 1. The Morgan fingerprint density at radius 3 is 2.74 bits per heavy atom. The van der Waals surface area contributed by atoms with Gasteiger partial charge in [0.25, 0.3) is 0 Å². The van der Waals surface area contributed by atoms with Crippen LogP contribution in [0.2, 0.25) is 0 Å². The summed E-state index contributed by atoms with van der Waals surface area (Å²) in [6.45, 7) is 6.32. The van der Waals surface area contributed by atoms with Crippen LogP contribution in [-0.4, -0.2) is 63.9 Å². The lowest BCUT2D eigenvalue weighted by atomic mass is 10.0. The first-order chi connectivity index (χ1) is 20.2. The van der Waals surface area contributed by atoms with E-state index in [4.69, 9.17) is 4.74 Å². The fraction of sp³-hybridized carbons (Fsp3) is 0.333. The van der Waals surface area contributed by atoms with Gasteiger partial charge in [0.2, 0.25) is 21.9 Å². The number of likely N-dealkylation sites (tertiary alicyclic amines) is 1. The van der Waals surface area contributed by atoms with Crippen molar-refractivity contribution in [1.82, 2.24) is 19.9 Å². The second-order valence-electron chi connectivity index (χ2n) is 10.4. The molecular formula is C30H34N6O5S. The Balaban J connectivity index is 1.45. The molecule has 5 rings (SSSR count). The number of carbonyl (C=O) groups is 1. The van der Waals surface area contributed by atoms with E-state index in [0.29, 0.717) is 59.4 Å². The molecule has 42 heavy (non-hydrogen) atoms. The Labute approximate surface area is 245 Å². The van der Waals surface area contributed by atoms with Crippen LogP contribution in [0.1, 0.15) is 38.7 Å². The zero-order valence-electron chi connectivity index (χ0n) is 23.7. The quantitative estimate of drug-likeness (QED) is 0.217. The first kappa shape index (κ1) is 29.1. The van der Waals surface area contributed by atoms with E-state index in [1.807, 2.05) is 38.1 Å². The van der Waals surface area contributed by atoms with Gasteiger partial charge in [0.05, 0.1) is 22.2 Å². The van der Waals surface area contributed by atoms with Crippen molar-refractivity contribution in [2.24, 2.45) is 0 Å². The Hall–Kier alpha value is -4.45. The summed E-state index contributed by atoms with van der Waals surface area (Å²) in [7, 11) is -3.56. The van der Waals surface area contributed by atoms with E-state index in [0.717, 1.165) is 23.8 Å². The van der Waals surface area contributed by atoms with Crippen LogP contribution in [-0.2, 0) is 10.0 Å². The number of piperidine rings is 1. The number of rotatable bonds is 9. The number of nitrogens with one attached hydrogen (secondary N) is 2. The molecule has 0 spiro atoms. The largest absolute Gasteiger partial charge is 0.465 e. The second kappa shape index (κ2) is 12.2. The molecule has 11 nitrogen and oxygen atoms in total. The molecule has 3 heterocycles. The van der Waals surface area contributed by atoms with Gasteiger partial charge in [-0.3, -0.25) is 4.72 Å². The number of hydrogen-bond acceptors (Lipinski definition) is 8. The fourth-order valence-electron chi connectivity index (χ4n) is 4.93. The van der Waals surface area contributed by atoms with Gasteiger partial charge in [0, 0.05) is 42.3 Å². The zero-order valence-corrected chi connectivity index (χ0v) is 24.6. The minimum Gasteiger partial charge on any atom is -0.465 e. The van der Waals surface area contributed by atoms with Crippen LogP contribution in [0, 0.1) is 6.92 Å². The molecule has 1 amide bonds. The van der Waals surface area contributed by atoms with E-state index >= 15 is 0 Å². The third kappa shape index (κ3) is 6.23. The predicted octanol–water partition coefficient (Wildman–Crippen LogP) is 5.89. The molecule has 0 bridgehead atoms. The monoisotopic (exact) mass is 590 g/mol. The van der Waals surface area contributed by atoms with Gasteiger partial charge in [-0.05, 0) is 62.9 Å². The molecule has 3 N–H and O–H groups in total. The van der Waals surface area contributed by atoms with E-state index in [1.165, 1.54) is 4.90 Å². The average molecular weight is 591 g/mol. The summed E-state index contributed by atoms with van der Waals surface area (Å²) in [5, 5.41) is 13.5. The number of sulfonamides is 1. The third-order valence-corrected chi connectivity index (χ3v) is 9.39. The number of fused-ring (bicyclic) bond motifs is 1. The number of aromatic nitrogens is 3. The first-order valence-corrected chi connectivity index (χ1v) is 15.5. The summed E-state index contributed by atoms with van der Waals surface area (Å²) in [6, 6.07) is 14.5. The zero-order chi connectivity index (χ0) is 29.9. The molecular weight excluding hydrogens is 556 g/mol. The molecule has 0 saturated carbocycles. The molecule has 0 radical (unpaired) electrons. The molecule has 220 valence electrons. The van der Waals surface area contributed by atoms with Crippen molar-refractivity contribution < 1.29 is 23.1 Å². The van der Waals surface area contributed by atoms with Crippen LogP contribution in [0.15, 0.2) is 60.9 Å². The van der Waals surface area contributed by atoms with Crippen molar-refractivity contribution in [3.63, 3.8) is 0 Å². The van der Waals surface area contributed by atoms with Crippen LogP contribution in [0.25, 0.3) is 22.0 Å². The number of anilines is 2. The summed E-state index contributed by atoms with van der Waals surface area (Å²) >= 11 is 0. The normalized spacial score (nSPS) is 16.2. The maximum Gasteiger partial charge on any atom is 0.407 e. The minimum atomic E-state index is -3.56. The lowest BCUT2D eigenvalue weighted by Crippen LogP contribution is -2.44. The van der Waals surface area contributed by atoms with Gasteiger partial charge in [-0.2, -0.15) is 0 Å². The molecule has 12 heteroatoms. The first-order valence-electron chi connectivity index (χ1n) is 13.9. The summed E-state index contributed by atoms with van der Waals surface area (Å²) in [5.74, 6) is 1.28. The van der Waals surface area contributed by atoms with Gasteiger partial charge in [0.15, 0.2) is 0 Å². The van der Waals surface area contributed by atoms with Crippen molar-refractivity contribution in [1.29, 1.82) is 0 Å². The molecule has 2 unspecified atom stereocenters. The maximum atomic E-state index is 12.8. The van der Waals surface area contributed by atoms with Crippen LogP contribution in [0.3, 0.4) is 0 Å². The van der Waals surface area contributed by atoms with E-state index in [9.17, 15) is 18.3 Å². The molecule has 2 atom stereocenters. The van der Waals surface area contributed by atoms with Gasteiger partial charge in [-0.15, -0.1) is 0 Å². The number of nitrogens with zero attached hydrogens (tertiary/aromatic N) is 4. The molecule has 1 saturated heterocycles. The summed E-state index contributed by atoms with van der Waals surface area (Å²) < 4.78 is 34.8. The standard InChI is InChI=1S/C30H34N6O5S/c1-4-20(3)42(39,40)35-26-11-5-9-23-22(26)13-12-19(2)27(23)41-28-24(10-6-15-31-28)25-14-16-32-29(34-25)33-21-8-7-17-36(18-21)30(37)38/h5-6,9-16,20-21,35H,4,7-8,17-18H2,1-3H3,(H,37,38)(H,32,33,34). The highest BCUT2D eigenvalue weighted by atomic mass is 32.2. The number of benzene rings is 2. The van der Waals surface area contributed by atoms with Crippen LogP contribution in [0.4, 0.5) is 16.4 Å². The van der Waals surface area contributed by atoms with E-state index in [2.05, 4.69) is 25.0 Å². The van der Waals surface area contributed by atoms with Crippen molar-refractivity contribution in [2.45, 2.75) is 51.3 Å².